The van der Waals surface area contributed by atoms with Crippen LogP contribution in [0.2, 0.25) is 0 Å². The van der Waals surface area contributed by atoms with E-state index in [4.69, 9.17) is 0 Å². The van der Waals surface area contributed by atoms with Gasteiger partial charge >= 0.3 is 0 Å². The Hall–Kier alpha value is -0.570. The summed E-state index contributed by atoms with van der Waals surface area (Å²) in [5.74, 6) is 1.81. The zero-order valence-corrected chi connectivity index (χ0v) is 12.6. The van der Waals surface area contributed by atoms with E-state index in [1.807, 2.05) is 0 Å². The summed E-state index contributed by atoms with van der Waals surface area (Å²) < 4.78 is 0. The molecule has 1 saturated carbocycles. The van der Waals surface area contributed by atoms with Gasteiger partial charge in [-0.3, -0.25) is 4.79 Å². The molecule has 2 rings (SSSR count). The number of amides is 1. The third kappa shape index (κ3) is 4.48. The summed E-state index contributed by atoms with van der Waals surface area (Å²) in [6, 6.07) is 0.377. The van der Waals surface area contributed by atoms with E-state index >= 15 is 0 Å². The predicted octanol–water partition coefficient (Wildman–Crippen LogP) is 2.71. The first-order valence-electron chi connectivity index (χ1n) is 8.18. The molecule has 0 aromatic carbocycles. The highest BCUT2D eigenvalue weighted by Crippen LogP contribution is 2.29. The minimum Gasteiger partial charge on any atom is -0.353 e. The van der Waals surface area contributed by atoms with Crippen LogP contribution in [-0.2, 0) is 4.79 Å². The van der Waals surface area contributed by atoms with Crippen molar-refractivity contribution in [3.8, 4) is 0 Å². The highest BCUT2D eigenvalue weighted by molar-refractivity contribution is 5.78. The second-order valence-corrected chi connectivity index (χ2v) is 6.73. The molecule has 2 N–H and O–H groups in total. The summed E-state index contributed by atoms with van der Waals surface area (Å²) in [6.45, 7) is 6.40. The molecule has 2 aliphatic rings. The van der Waals surface area contributed by atoms with Crippen molar-refractivity contribution in [1.82, 2.24) is 10.6 Å². The zero-order chi connectivity index (χ0) is 13.7. The maximum absolute atomic E-state index is 12.3. The molecule has 1 aliphatic heterocycles. The lowest BCUT2D eigenvalue weighted by Crippen LogP contribution is -2.49. The van der Waals surface area contributed by atoms with Crippen molar-refractivity contribution in [2.45, 2.75) is 64.8 Å². The average molecular weight is 266 g/mol. The summed E-state index contributed by atoms with van der Waals surface area (Å²) in [5, 5.41) is 6.66. The smallest absolute Gasteiger partial charge is 0.223 e. The van der Waals surface area contributed by atoms with E-state index in [0.29, 0.717) is 12.0 Å². The van der Waals surface area contributed by atoms with Crippen LogP contribution in [0.1, 0.15) is 58.8 Å². The van der Waals surface area contributed by atoms with Crippen LogP contribution < -0.4 is 10.6 Å². The van der Waals surface area contributed by atoms with Gasteiger partial charge in [0.15, 0.2) is 0 Å². The Bertz CT molecular complexity index is 286. The normalized spacial score (nSPS) is 30.8. The standard InChI is InChI=1S/C16H30N2O/c1-12(10-14-6-4-3-5-7-14)16(19)18-15-8-9-17-11-13(15)2/h12-15,17H,3-11H2,1-2H3,(H,18,19). The van der Waals surface area contributed by atoms with Crippen LogP contribution in [0.25, 0.3) is 0 Å². The fourth-order valence-corrected chi connectivity index (χ4v) is 3.58. The zero-order valence-electron chi connectivity index (χ0n) is 12.6. The Kier molecular flexibility index (Phi) is 5.68. The lowest BCUT2D eigenvalue weighted by molar-refractivity contribution is -0.126. The Morgan fingerprint density at radius 1 is 1.26 bits per heavy atom. The number of hydrogen-bond donors (Lipinski definition) is 2. The third-order valence-corrected chi connectivity index (χ3v) is 4.97. The van der Waals surface area contributed by atoms with Gasteiger partial charge in [-0.25, -0.2) is 0 Å². The first-order valence-corrected chi connectivity index (χ1v) is 8.18. The number of piperidine rings is 1. The van der Waals surface area contributed by atoms with Crippen LogP contribution in [0.4, 0.5) is 0 Å². The van der Waals surface area contributed by atoms with Gasteiger partial charge in [0.2, 0.25) is 5.91 Å². The lowest BCUT2D eigenvalue weighted by Gasteiger charge is -2.32. The molecule has 0 aromatic heterocycles. The van der Waals surface area contributed by atoms with Crippen molar-refractivity contribution in [3.63, 3.8) is 0 Å². The molecular formula is C16H30N2O. The topological polar surface area (TPSA) is 41.1 Å². The molecule has 1 heterocycles. The van der Waals surface area contributed by atoms with Gasteiger partial charge in [-0.05, 0) is 37.8 Å². The SMILES string of the molecule is CC(CC1CCCCC1)C(=O)NC1CCNCC1C. The van der Waals surface area contributed by atoms with Crippen molar-refractivity contribution in [1.29, 1.82) is 0 Å². The van der Waals surface area contributed by atoms with E-state index in [0.717, 1.165) is 31.8 Å². The summed E-state index contributed by atoms with van der Waals surface area (Å²) in [7, 11) is 0. The second kappa shape index (κ2) is 7.28. The Balaban J connectivity index is 1.74. The molecule has 0 radical (unpaired) electrons. The van der Waals surface area contributed by atoms with Gasteiger partial charge in [-0.1, -0.05) is 46.0 Å². The van der Waals surface area contributed by atoms with Crippen LogP contribution in [-0.4, -0.2) is 25.0 Å². The Morgan fingerprint density at radius 2 is 2.00 bits per heavy atom. The molecule has 3 unspecified atom stereocenters. The molecule has 1 saturated heterocycles. The monoisotopic (exact) mass is 266 g/mol. The maximum atomic E-state index is 12.3. The number of hydrogen-bond acceptors (Lipinski definition) is 2. The van der Waals surface area contributed by atoms with Crippen molar-refractivity contribution < 1.29 is 4.79 Å². The van der Waals surface area contributed by atoms with Crippen molar-refractivity contribution in [2.24, 2.45) is 17.8 Å². The molecular weight excluding hydrogens is 236 g/mol. The molecule has 0 bridgehead atoms. The van der Waals surface area contributed by atoms with Gasteiger partial charge in [-0.2, -0.15) is 0 Å². The van der Waals surface area contributed by atoms with Crippen molar-refractivity contribution >= 4 is 5.91 Å². The van der Waals surface area contributed by atoms with E-state index in [9.17, 15) is 4.79 Å². The lowest BCUT2D eigenvalue weighted by atomic mass is 9.83. The molecule has 0 aromatic rings. The molecule has 1 amide bonds. The minimum absolute atomic E-state index is 0.185. The molecule has 110 valence electrons. The van der Waals surface area contributed by atoms with Gasteiger partial charge in [0.05, 0.1) is 0 Å². The summed E-state index contributed by atoms with van der Waals surface area (Å²) >= 11 is 0. The van der Waals surface area contributed by atoms with Crippen LogP contribution in [0.15, 0.2) is 0 Å². The summed E-state index contributed by atoms with van der Waals surface area (Å²) in [5.41, 5.74) is 0. The fourth-order valence-electron chi connectivity index (χ4n) is 3.58. The highest BCUT2D eigenvalue weighted by Gasteiger charge is 2.26. The molecule has 3 nitrogen and oxygen atoms in total. The number of carbonyl (C=O) groups is 1. The quantitative estimate of drug-likeness (QED) is 0.821. The predicted molar refractivity (Wildman–Crippen MR) is 78.9 cm³/mol. The van der Waals surface area contributed by atoms with E-state index < -0.39 is 0 Å². The summed E-state index contributed by atoms with van der Waals surface area (Å²) in [6.07, 6.45) is 8.95. The van der Waals surface area contributed by atoms with Crippen LogP contribution in [0, 0.1) is 17.8 Å². The number of nitrogens with one attached hydrogen (secondary N) is 2. The van der Waals surface area contributed by atoms with Gasteiger partial charge in [0.25, 0.3) is 0 Å². The van der Waals surface area contributed by atoms with Crippen LogP contribution in [0.5, 0.6) is 0 Å². The van der Waals surface area contributed by atoms with E-state index in [1.165, 1.54) is 32.1 Å². The average Bonchev–Trinajstić information content (AvgIpc) is 2.42. The molecule has 2 fully saturated rings. The maximum Gasteiger partial charge on any atom is 0.223 e. The fraction of sp³-hybridized carbons (Fsp3) is 0.938. The highest BCUT2D eigenvalue weighted by atomic mass is 16.1. The minimum atomic E-state index is 0.185. The summed E-state index contributed by atoms with van der Waals surface area (Å²) in [4.78, 5) is 12.3. The first kappa shape index (κ1) is 14.8. The van der Waals surface area contributed by atoms with Gasteiger partial charge in [-0.15, -0.1) is 0 Å². The van der Waals surface area contributed by atoms with Gasteiger partial charge in [0, 0.05) is 12.0 Å². The Labute approximate surface area is 117 Å². The van der Waals surface area contributed by atoms with Gasteiger partial charge in [0.1, 0.15) is 0 Å². The van der Waals surface area contributed by atoms with Gasteiger partial charge < -0.3 is 10.6 Å². The van der Waals surface area contributed by atoms with E-state index in [1.54, 1.807) is 0 Å². The number of carbonyl (C=O) groups excluding carboxylic acids is 1. The molecule has 0 spiro atoms. The molecule has 3 atom stereocenters. The molecule has 3 heteroatoms. The number of rotatable bonds is 4. The van der Waals surface area contributed by atoms with Crippen molar-refractivity contribution in [3.05, 3.63) is 0 Å². The third-order valence-electron chi connectivity index (χ3n) is 4.97. The van der Waals surface area contributed by atoms with Crippen LogP contribution in [0.3, 0.4) is 0 Å². The van der Waals surface area contributed by atoms with E-state index in [2.05, 4.69) is 24.5 Å². The van der Waals surface area contributed by atoms with E-state index in [-0.39, 0.29) is 11.8 Å². The largest absolute Gasteiger partial charge is 0.353 e. The molecule has 19 heavy (non-hydrogen) atoms. The second-order valence-electron chi connectivity index (χ2n) is 6.73. The Morgan fingerprint density at radius 3 is 2.68 bits per heavy atom. The van der Waals surface area contributed by atoms with Crippen molar-refractivity contribution in [2.75, 3.05) is 13.1 Å². The van der Waals surface area contributed by atoms with Crippen LogP contribution >= 0.6 is 0 Å². The molecule has 1 aliphatic carbocycles. The first-order chi connectivity index (χ1) is 9.16.